The van der Waals surface area contributed by atoms with E-state index in [1.165, 1.54) is 6.92 Å². The van der Waals surface area contributed by atoms with E-state index in [9.17, 15) is 9.59 Å². The van der Waals surface area contributed by atoms with Gasteiger partial charge in [-0.15, -0.1) is 0 Å². The normalized spacial score (nSPS) is 12.2. The van der Waals surface area contributed by atoms with E-state index in [4.69, 9.17) is 0 Å². The maximum absolute atomic E-state index is 11.0. The molecular formula is C8H15NO2S. The van der Waals surface area contributed by atoms with Crippen LogP contribution in [0.3, 0.4) is 0 Å². The van der Waals surface area contributed by atoms with Gasteiger partial charge in [0.2, 0.25) is 5.91 Å². The van der Waals surface area contributed by atoms with Crippen molar-refractivity contribution in [3.63, 3.8) is 0 Å². The molecule has 0 saturated heterocycles. The highest BCUT2D eigenvalue weighted by molar-refractivity contribution is 7.98. The van der Waals surface area contributed by atoms with Gasteiger partial charge < -0.3 is 5.32 Å². The van der Waals surface area contributed by atoms with Crippen LogP contribution in [0.15, 0.2) is 0 Å². The molecule has 0 aliphatic rings. The summed E-state index contributed by atoms with van der Waals surface area (Å²) in [7, 11) is 0. The van der Waals surface area contributed by atoms with Gasteiger partial charge in [-0.1, -0.05) is 0 Å². The number of carbonyl (C=O) groups excluding carboxylic acids is 2. The number of nitrogens with one attached hydrogen (secondary N) is 1. The average Bonchev–Trinajstić information content (AvgIpc) is 1.84. The third-order valence-corrected chi connectivity index (χ3v) is 2.07. The van der Waals surface area contributed by atoms with E-state index >= 15 is 0 Å². The molecule has 0 fully saturated rings. The maximum atomic E-state index is 11.0. The van der Waals surface area contributed by atoms with E-state index in [2.05, 4.69) is 5.32 Å². The Morgan fingerprint density at radius 3 is 2.50 bits per heavy atom. The van der Waals surface area contributed by atoms with Crippen molar-refractivity contribution in [2.45, 2.75) is 26.3 Å². The van der Waals surface area contributed by atoms with Crippen LogP contribution in [-0.4, -0.2) is 29.7 Å². The molecule has 1 unspecified atom stereocenters. The highest BCUT2D eigenvalue weighted by atomic mass is 32.2. The van der Waals surface area contributed by atoms with Gasteiger partial charge in [-0.3, -0.25) is 9.59 Å². The van der Waals surface area contributed by atoms with E-state index in [1.54, 1.807) is 11.8 Å². The predicted molar refractivity (Wildman–Crippen MR) is 51.3 cm³/mol. The molecule has 4 heteroatoms. The molecule has 0 heterocycles. The van der Waals surface area contributed by atoms with E-state index < -0.39 is 0 Å². The molecule has 0 radical (unpaired) electrons. The molecule has 0 aromatic heterocycles. The fourth-order valence-electron chi connectivity index (χ4n) is 0.844. The number of rotatable bonds is 5. The van der Waals surface area contributed by atoms with E-state index in [1.807, 2.05) is 13.2 Å². The van der Waals surface area contributed by atoms with Crippen molar-refractivity contribution in [1.82, 2.24) is 5.32 Å². The Balaban J connectivity index is 3.61. The van der Waals surface area contributed by atoms with Crippen molar-refractivity contribution in [2.24, 2.45) is 0 Å². The van der Waals surface area contributed by atoms with Crippen molar-refractivity contribution in [3.05, 3.63) is 0 Å². The molecule has 0 bridgehead atoms. The van der Waals surface area contributed by atoms with Gasteiger partial charge in [0.1, 0.15) is 5.78 Å². The monoisotopic (exact) mass is 189 g/mol. The lowest BCUT2D eigenvalue weighted by Crippen LogP contribution is -2.34. The fraction of sp³-hybridized carbons (Fsp3) is 0.750. The van der Waals surface area contributed by atoms with Crippen LogP contribution in [0.4, 0.5) is 0 Å². The third kappa shape index (κ3) is 6.22. The minimum Gasteiger partial charge on any atom is -0.352 e. The number of carbonyl (C=O) groups is 2. The zero-order valence-corrected chi connectivity index (χ0v) is 8.53. The summed E-state index contributed by atoms with van der Waals surface area (Å²) in [6.45, 7) is 3.34. The minimum atomic E-state index is -0.177. The topological polar surface area (TPSA) is 46.2 Å². The van der Waals surface area contributed by atoms with Crippen LogP contribution < -0.4 is 5.32 Å². The van der Waals surface area contributed by atoms with Gasteiger partial charge in [0.25, 0.3) is 0 Å². The number of hydrogen-bond acceptors (Lipinski definition) is 3. The summed E-state index contributed by atoms with van der Waals surface area (Å²) in [5, 5.41) is 2.73. The van der Waals surface area contributed by atoms with Gasteiger partial charge >= 0.3 is 0 Å². The number of Topliss-reactive ketones (excluding diaryl/α,β-unsaturated/α-hetero) is 1. The first-order valence-corrected chi connectivity index (χ1v) is 5.23. The largest absolute Gasteiger partial charge is 0.352 e. The molecule has 70 valence electrons. The van der Waals surface area contributed by atoms with Crippen molar-refractivity contribution in [1.29, 1.82) is 0 Å². The van der Waals surface area contributed by atoms with Gasteiger partial charge in [0, 0.05) is 11.8 Å². The van der Waals surface area contributed by atoms with E-state index in [-0.39, 0.29) is 24.2 Å². The predicted octanol–water partition coefficient (Wildman–Crippen LogP) is 0.833. The second kappa shape index (κ2) is 6.06. The fourth-order valence-corrected chi connectivity index (χ4v) is 1.43. The lowest BCUT2D eigenvalue weighted by Gasteiger charge is -2.11. The van der Waals surface area contributed by atoms with E-state index in [0.29, 0.717) is 0 Å². The number of thioether (sulfide) groups is 1. The Morgan fingerprint density at radius 2 is 2.08 bits per heavy atom. The zero-order chi connectivity index (χ0) is 9.56. The molecule has 0 aromatic rings. The highest BCUT2D eigenvalue weighted by Crippen LogP contribution is 1.96. The summed E-state index contributed by atoms with van der Waals surface area (Å²) in [6.07, 6.45) is 1.98. The SMILES string of the molecule is CSCC(C)NC(=O)CC(C)=O. The smallest absolute Gasteiger partial charge is 0.227 e. The van der Waals surface area contributed by atoms with Crippen LogP contribution in [-0.2, 0) is 9.59 Å². The summed E-state index contributed by atoms with van der Waals surface area (Å²) < 4.78 is 0. The molecular weight excluding hydrogens is 174 g/mol. The number of hydrogen-bond donors (Lipinski definition) is 1. The van der Waals surface area contributed by atoms with Gasteiger partial charge in [0.15, 0.2) is 0 Å². The molecule has 0 aliphatic carbocycles. The summed E-state index contributed by atoms with van der Waals surface area (Å²) >= 11 is 1.67. The van der Waals surface area contributed by atoms with Crippen molar-refractivity contribution in [3.8, 4) is 0 Å². The quantitative estimate of drug-likeness (QED) is 0.652. The lowest BCUT2D eigenvalue weighted by molar-refractivity contribution is -0.127. The second-order valence-electron chi connectivity index (χ2n) is 2.80. The molecule has 1 N–H and O–H groups in total. The van der Waals surface area contributed by atoms with Crippen molar-refractivity contribution >= 4 is 23.5 Å². The van der Waals surface area contributed by atoms with Gasteiger partial charge in [0.05, 0.1) is 6.42 Å². The molecule has 1 amide bonds. The first kappa shape index (κ1) is 11.5. The third-order valence-electron chi connectivity index (χ3n) is 1.23. The van der Waals surface area contributed by atoms with E-state index in [0.717, 1.165) is 5.75 Å². The standard InChI is InChI=1S/C8H15NO2S/c1-6(5-12-3)9-8(11)4-7(2)10/h6H,4-5H2,1-3H3,(H,9,11). The molecule has 0 rings (SSSR count). The van der Waals surface area contributed by atoms with Gasteiger partial charge in [-0.05, 0) is 20.1 Å². The summed E-state index contributed by atoms with van der Waals surface area (Å²) in [6, 6.07) is 0.145. The van der Waals surface area contributed by atoms with Crippen molar-refractivity contribution in [2.75, 3.05) is 12.0 Å². The Kier molecular flexibility index (Phi) is 5.80. The van der Waals surface area contributed by atoms with Gasteiger partial charge in [-0.25, -0.2) is 0 Å². The molecule has 12 heavy (non-hydrogen) atoms. The van der Waals surface area contributed by atoms with Crippen LogP contribution in [0, 0.1) is 0 Å². The van der Waals surface area contributed by atoms with Crippen LogP contribution in [0.1, 0.15) is 20.3 Å². The van der Waals surface area contributed by atoms with Crippen molar-refractivity contribution < 1.29 is 9.59 Å². The Bertz CT molecular complexity index is 170. The second-order valence-corrected chi connectivity index (χ2v) is 3.71. The number of amides is 1. The summed E-state index contributed by atoms with van der Waals surface area (Å²) in [4.78, 5) is 21.5. The molecule has 0 aliphatic heterocycles. The first-order chi connectivity index (χ1) is 5.56. The maximum Gasteiger partial charge on any atom is 0.227 e. The molecule has 0 spiro atoms. The zero-order valence-electron chi connectivity index (χ0n) is 7.72. The van der Waals surface area contributed by atoms with Crippen LogP contribution >= 0.6 is 11.8 Å². The summed E-state index contributed by atoms with van der Waals surface area (Å²) in [5.74, 6) is 0.608. The summed E-state index contributed by atoms with van der Waals surface area (Å²) in [5.41, 5.74) is 0. The number of ketones is 1. The Labute approximate surface area is 77.3 Å². The van der Waals surface area contributed by atoms with Crippen LogP contribution in [0.25, 0.3) is 0 Å². The average molecular weight is 189 g/mol. The molecule has 0 saturated carbocycles. The Hall–Kier alpha value is -0.510. The molecule has 0 aromatic carbocycles. The van der Waals surface area contributed by atoms with Crippen LogP contribution in [0.5, 0.6) is 0 Å². The molecule has 3 nitrogen and oxygen atoms in total. The minimum absolute atomic E-state index is 0.00127. The highest BCUT2D eigenvalue weighted by Gasteiger charge is 2.07. The first-order valence-electron chi connectivity index (χ1n) is 3.84. The molecule has 1 atom stereocenters. The van der Waals surface area contributed by atoms with Crippen LogP contribution in [0.2, 0.25) is 0 Å². The van der Waals surface area contributed by atoms with Gasteiger partial charge in [-0.2, -0.15) is 11.8 Å². The lowest BCUT2D eigenvalue weighted by atomic mass is 10.3. The Morgan fingerprint density at radius 1 is 1.50 bits per heavy atom.